The summed E-state index contributed by atoms with van der Waals surface area (Å²) in [6.07, 6.45) is 8.28. The SMILES string of the molecule is O=C(O)C1CC2CC1[C@H]1C3C=CC(C3)C21. The lowest BCUT2D eigenvalue weighted by atomic mass is 9.69. The molecule has 0 aromatic rings. The Kier molecular flexibility index (Phi) is 1.38. The Balaban J connectivity index is 1.71. The molecule has 0 spiro atoms. The lowest BCUT2D eigenvalue weighted by molar-refractivity contribution is -0.144. The summed E-state index contributed by atoms with van der Waals surface area (Å²) in [6.45, 7) is 0. The summed E-state index contributed by atoms with van der Waals surface area (Å²) in [7, 11) is 0. The van der Waals surface area contributed by atoms with Crippen LogP contribution in [0, 0.1) is 41.4 Å². The average Bonchev–Trinajstić information content (AvgIpc) is 2.95. The van der Waals surface area contributed by atoms with E-state index in [-0.39, 0.29) is 5.92 Å². The van der Waals surface area contributed by atoms with Gasteiger partial charge in [0.1, 0.15) is 0 Å². The maximum atomic E-state index is 11.2. The Morgan fingerprint density at radius 3 is 2.53 bits per heavy atom. The highest BCUT2D eigenvalue weighted by molar-refractivity contribution is 5.71. The topological polar surface area (TPSA) is 37.3 Å². The van der Waals surface area contributed by atoms with Gasteiger partial charge in [-0.2, -0.15) is 0 Å². The van der Waals surface area contributed by atoms with Crippen LogP contribution in [0.4, 0.5) is 0 Å². The summed E-state index contributed by atoms with van der Waals surface area (Å²) in [6, 6.07) is 0. The zero-order chi connectivity index (χ0) is 10.2. The molecular formula is C13H16O2. The second-order valence-corrected chi connectivity index (χ2v) is 5.94. The first-order valence-electron chi connectivity index (χ1n) is 6.17. The van der Waals surface area contributed by atoms with Gasteiger partial charge in [0.2, 0.25) is 0 Å². The van der Waals surface area contributed by atoms with Gasteiger partial charge in [-0.3, -0.25) is 4.79 Å². The summed E-state index contributed by atoms with van der Waals surface area (Å²) in [5.74, 6) is 3.84. The van der Waals surface area contributed by atoms with Crippen molar-refractivity contribution in [3.05, 3.63) is 12.2 Å². The first kappa shape index (κ1) is 8.37. The van der Waals surface area contributed by atoms with Crippen molar-refractivity contribution in [3.63, 3.8) is 0 Å². The molecule has 80 valence electrons. The Morgan fingerprint density at radius 1 is 1.07 bits per heavy atom. The molecule has 4 aliphatic carbocycles. The van der Waals surface area contributed by atoms with E-state index in [9.17, 15) is 9.90 Å². The van der Waals surface area contributed by atoms with E-state index in [1.54, 1.807) is 0 Å². The smallest absolute Gasteiger partial charge is 0.306 e. The number of fused-ring (bicyclic) bond motifs is 9. The van der Waals surface area contributed by atoms with Gasteiger partial charge in [0.15, 0.2) is 0 Å². The van der Waals surface area contributed by atoms with Crippen LogP contribution in [0.1, 0.15) is 19.3 Å². The zero-order valence-electron chi connectivity index (χ0n) is 8.67. The fourth-order valence-corrected chi connectivity index (χ4v) is 5.30. The Bertz CT molecular complexity index is 360. The van der Waals surface area contributed by atoms with Gasteiger partial charge in [-0.15, -0.1) is 0 Å². The van der Waals surface area contributed by atoms with Crippen LogP contribution in [0.25, 0.3) is 0 Å². The van der Waals surface area contributed by atoms with E-state index >= 15 is 0 Å². The summed E-state index contributed by atoms with van der Waals surface area (Å²) < 4.78 is 0. The van der Waals surface area contributed by atoms with Crippen LogP contribution < -0.4 is 0 Å². The average molecular weight is 204 g/mol. The quantitative estimate of drug-likeness (QED) is 0.525. The van der Waals surface area contributed by atoms with Crippen molar-refractivity contribution in [2.24, 2.45) is 41.4 Å². The molecule has 1 N–H and O–H groups in total. The van der Waals surface area contributed by atoms with E-state index in [2.05, 4.69) is 12.2 Å². The molecule has 0 aromatic carbocycles. The molecule has 4 rings (SSSR count). The summed E-state index contributed by atoms with van der Waals surface area (Å²) in [5.41, 5.74) is 0. The maximum absolute atomic E-state index is 11.2. The van der Waals surface area contributed by atoms with Gasteiger partial charge in [0.25, 0.3) is 0 Å². The normalized spacial score (nSPS) is 58.8. The van der Waals surface area contributed by atoms with Gasteiger partial charge < -0.3 is 5.11 Å². The Morgan fingerprint density at radius 2 is 1.80 bits per heavy atom. The highest BCUT2D eigenvalue weighted by Gasteiger charge is 2.62. The van der Waals surface area contributed by atoms with Crippen molar-refractivity contribution in [2.75, 3.05) is 0 Å². The van der Waals surface area contributed by atoms with Crippen LogP contribution in [-0.4, -0.2) is 11.1 Å². The Labute approximate surface area is 89.4 Å². The van der Waals surface area contributed by atoms with Gasteiger partial charge in [0, 0.05) is 0 Å². The molecule has 0 amide bonds. The van der Waals surface area contributed by atoms with Crippen molar-refractivity contribution >= 4 is 5.97 Å². The maximum Gasteiger partial charge on any atom is 0.306 e. The molecule has 2 nitrogen and oxygen atoms in total. The molecule has 4 aliphatic rings. The van der Waals surface area contributed by atoms with Crippen molar-refractivity contribution in [2.45, 2.75) is 19.3 Å². The molecule has 6 unspecified atom stereocenters. The molecule has 0 aromatic heterocycles. The van der Waals surface area contributed by atoms with Crippen LogP contribution in [-0.2, 0) is 4.79 Å². The van der Waals surface area contributed by atoms with E-state index in [1.807, 2.05) is 0 Å². The van der Waals surface area contributed by atoms with Crippen LogP contribution >= 0.6 is 0 Å². The molecule has 0 heterocycles. The summed E-state index contributed by atoms with van der Waals surface area (Å²) >= 11 is 0. The molecule has 3 fully saturated rings. The first-order chi connectivity index (χ1) is 7.25. The minimum atomic E-state index is -0.535. The lowest BCUT2D eigenvalue weighted by Crippen LogP contribution is -2.34. The number of carbonyl (C=O) groups is 1. The fraction of sp³-hybridized carbons (Fsp3) is 0.769. The van der Waals surface area contributed by atoms with Gasteiger partial charge in [0.05, 0.1) is 5.92 Å². The van der Waals surface area contributed by atoms with Crippen LogP contribution in [0.2, 0.25) is 0 Å². The molecular weight excluding hydrogens is 188 g/mol. The minimum absolute atomic E-state index is 0.0102. The standard InChI is InChI=1S/C13H16O2/c14-13(15)10-5-8-4-9(10)12-7-2-1-6(3-7)11(8)12/h1-2,6-12H,3-5H2,(H,14,15)/t6?,7?,8?,9?,10?,11?,12-/m1/s1. The number of hydrogen-bond acceptors (Lipinski definition) is 1. The second-order valence-electron chi connectivity index (χ2n) is 5.94. The zero-order valence-corrected chi connectivity index (χ0v) is 8.67. The van der Waals surface area contributed by atoms with Crippen LogP contribution in [0.3, 0.4) is 0 Å². The van der Waals surface area contributed by atoms with E-state index in [0.717, 1.165) is 36.0 Å². The number of hydrogen-bond donors (Lipinski definition) is 1. The third-order valence-corrected chi connectivity index (χ3v) is 5.59. The molecule has 3 saturated carbocycles. The lowest BCUT2D eigenvalue weighted by Gasteiger charge is -2.34. The van der Waals surface area contributed by atoms with E-state index in [4.69, 9.17) is 0 Å². The number of rotatable bonds is 1. The fourth-order valence-electron chi connectivity index (χ4n) is 5.30. The summed E-state index contributed by atoms with van der Waals surface area (Å²) in [4.78, 5) is 11.2. The highest BCUT2D eigenvalue weighted by Crippen LogP contribution is 2.66. The van der Waals surface area contributed by atoms with E-state index < -0.39 is 5.97 Å². The molecule has 2 heteroatoms. The molecule has 4 bridgehead atoms. The van der Waals surface area contributed by atoms with Crippen molar-refractivity contribution < 1.29 is 9.90 Å². The molecule has 0 saturated heterocycles. The predicted octanol–water partition coefficient (Wildman–Crippen LogP) is 2.17. The third kappa shape index (κ3) is 0.849. The van der Waals surface area contributed by atoms with E-state index in [0.29, 0.717) is 5.92 Å². The van der Waals surface area contributed by atoms with Crippen LogP contribution in [0.5, 0.6) is 0 Å². The minimum Gasteiger partial charge on any atom is -0.481 e. The van der Waals surface area contributed by atoms with Gasteiger partial charge in [-0.25, -0.2) is 0 Å². The third-order valence-electron chi connectivity index (χ3n) is 5.59. The van der Waals surface area contributed by atoms with Crippen LogP contribution in [0.15, 0.2) is 12.2 Å². The van der Waals surface area contributed by atoms with Crippen molar-refractivity contribution in [3.8, 4) is 0 Å². The first-order valence-corrected chi connectivity index (χ1v) is 6.17. The number of carboxylic acids is 1. The second kappa shape index (κ2) is 2.47. The molecule has 0 radical (unpaired) electrons. The van der Waals surface area contributed by atoms with Gasteiger partial charge >= 0.3 is 5.97 Å². The monoisotopic (exact) mass is 204 g/mol. The number of allylic oxidation sites excluding steroid dienone is 2. The van der Waals surface area contributed by atoms with Crippen molar-refractivity contribution in [1.82, 2.24) is 0 Å². The number of carboxylic acid groups (broad SMARTS) is 1. The summed E-state index contributed by atoms with van der Waals surface area (Å²) in [5, 5.41) is 9.21. The van der Waals surface area contributed by atoms with Crippen molar-refractivity contribution in [1.29, 1.82) is 0 Å². The largest absolute Gasteiger partial charge is 0.481 e. The van der Waals surface area contributed by atoms with Gasteiger partial charge in [-0.1, -0.05) is 12.2 Å². The number of aliphatic carboxylic acids is 1. The Hall–Kier alpha value is -0.790. The highest BCUT2D eigenvalue weighted by atomic mass is 16.4. The van der Waals surface area contributed by atoms with E-state index in [1.165, 1.54) is 12.8 Å². The molecule has 7 atom stereocenters. The predicted molar refractivity (Wildman–Crippen MR) is 55.1 cm³/mol. The van der Waals surface area contributed by atoms with Gasteiger partial charge in [-0.05, 0) is 54.8 Å². The molecule has 15 heavy (non-hydrogen) atoms. The molecule has 0 aliphatic heterocycles.